The van der Waals surface area contributed by atoms with Crippen LogP contribution in [0, 0.1) is 0 Å². The molecule has 0 radical (unpaired) electrons. The van der Waals surface area contributed by atoms with Gasteiger partial charge in [-0.1, -0.05) is 6.07 Å². The summed E-state index contributed by atoms with van der Waals surface area (Å²) in [7, 11) is 0. The van der Waals surface area contributed by atoms with Crippen molar-refractivity contribution in [1.29, 1.82) is 0 Å². The van der Waals surface area contributed by atoms with Crippen LogP contribution in [0.4, 0.5) is 17.9 Å². The number of alkyl halides is 3. The molecule has 0 aromatic carbocycles. The van der Waals surface area contributed by atoms with Gasteiger partial charge in [-0.05, 0) is 12.1 Å². The predicted molar refractivity (Wildman–Crippen MR) is 33.9 cm³/mol. The van der Waals surface area contributed by atoms with Crippen molar-refractivity contribution in [2.75, 3.05) is 0 Å². The first-order valence-electron chi connectivity index (χ1n) is 2.50. The van der Waals surface area contributed by atoms with Gasteiger partial charge in [0.2, 0.25) is 0 Å². The molecule has 11 heavy (non-hydrogen) atoms. The highest BCUT2D eigenvalue weighted by atomic mass is 19.4. The number of hydrogen-bond acceptors (Lipinski definition) is 1. The van der Waals surface area contributed by atoms with E-state index in [2.05, 4.69) is 4.98 Å². The van der Waals surface area contributed by atoms with Crippen LogP contribution in [0.2, 0.25) is 0 Å². The molecule has 0 aliphatic heterocycles. The van der Waals surface area contributed by atoms with Crippen molar-refractivity contribution in [2.24, 2.45) is 0 Å². The highest BCUT2D eigenvalue weighted by Crippen LogP contribution is 1.87. The van der Waals surface area contributed by atoms with Crippen LogP contribution >= 0.6 is 0 Å². The van der Waals surface area contributed by atoms with E-state index in [0.29, 0.717) is 0 Å². The first-order valence-corrected chi connectivity index (χ1v) is 2.50. The van der Waals surface area contributed by atoms with Gasteiger partial charge < -0.3 is 0 Å². The molecule has 1 aromatic heterocycles. The fourth-order valence-electron chi connectivity index (χ4n) is 0.313. The van der Waals surface area contributed by atoms with E-state index in [4.69, 9.17) is 0 Å². The number of halogens is 4. The van der Waals surface area contributed by atoms with E-state index in [0.717, 1.165) is 0 Å². The van der Waals surface area contributed by atoms with Crippen LogP contribution in [0.1, 0.15) is 0 Å². The zero-order chi connectivity index (χ0) is 7.82. The third kappa shape index (κ3) is 17.7. The van der Waals surface area contributed by atoms with Crippen molar-refractivity contribution in [1.82, 2.24) is 4.98 Å². The largest absolute Gasteiger partial charge is 0.379 e. The summed E-state index contributed by atoms with van der Waals surface area (Å²) in [4.78, 5) is 3.78. The van der Waals surface area contributed by atoms with E-state index in [1.807, 2.05) is 18.2 Å². The second-order valence-electron chi connectivity index (χ2n) is 1.27. The summed E-state index contributed by atoms with van der Waals surface area (Å²) in [6.07, 6.45) is 3.50. The Morgan fingerprint density at radius 1 is 0.909 bits per heavy atom. The summed E-state index contributed by atoms with van der Waals surface area (Å²) >= 11 is 0. The van der Waals surface area contributed by atoms with Crippen molar-refractivity contribution in [3.8, 4) is 0 Å². The first kappa shape index (κ1) is 12.5. The lowest BCUT2D eigenvalue weighted by molar-refractivity contribution is 0.00819. The van der Waals surface area contributed by atoms with Crippen molar-refractivity contribution in [3.63, 3.8) is 0 Å². The Balaban J connectivity index is 0. The molecule has 1 rings (SSSR count). The molecule has 1 nitrogen and oxygen atoms in total. The Morgan fingerprint density at radius 3 is 1.36 bits per heavy atom. The molecule has 0 saturated heterocycles. The highest BCUT2D eigenvalue weighted by molar-refractivity contribution is 4.88. The normalized spacial score (nSPS) is 7.64. The summed E-state index contributed by atoms with van der Waals surface area (Å²) < 4.78 is 29.0. The fourth-order valence-corrected chi connectivity index (χ4v) is 0.313. The van der Waals surface area contributed by atoms with E-state index in [1.165, 1.54) is 0 Å². The summed E-state index contributed by atoms with van der Waals surface area (Å²) in [6, 6.07) is 5.72. The van der Waals surface area contributed by atoms with Gasteiger partial charge in [0.1, 0.15) is 0 Å². The molecule has 0 unspecified atom stereocenters. The van der Waals surface area contributed by atoms with Gasteiger partial charge in [0.25, 0.3) is 0 Å². The summed E-state index contributed by atoms with van der Waals surface area (Å²) in [5.41, 5.74) is 0. The minimum absolute atomic E-state index is 0. The molecule has 0 bridgehead atoms. The average Bonchev–Trinajstić information content (AvgIpc) is 1.90. The number of rotatable bonds is 0. The summed E-state index contributed by atoms with van der Waals surface area (Å²) in [6.45, 7) is -3.67. The number of nitrogens with zero attached hydrogens (tertiary/aromatic N) is 1. The Kier molecular flexibility index (Phi) is 10.1. The van der Waals surface area contributed by atoms with E-state index >= 15 is 0 Å². The van der Waals surface area contributed by atoms with E-state index < -0.39 is 6.68 Å². The van der Waals surface area contributed by atoms with Crippen LogP contribution in [0.3, 0.4) is 0 Å². The quantitative estimate of drug-likeness (QED) is 0.543. The van der Waals surface area contributed by atoms with Crippen molar-refractivity contribution in [3.05, 3.63) is 30.6 Å². The summed E-state index contributed by atoms with van der Waals surface area (Å²) in [5, 5.41) is 0. The maximum Gasteiger partial charge on any atom is 0.379 e. The second-order valence-corrected chi connectivity index (χ2v) is 1.27. The molecule has 1 aromatic rings. The van der Waals surface area contributed by atoms with Crippen LogP contribution in [-0.2, 0) is 0 Å². The maximum absolute atomic E-state index is 9.67. The Bertz CT molecular complexity index is 115. The third-order valence-corrected chi connectivity index (χ3v) is 0.566. The van der Waals surface area contributed by atoms with Crippen LogP contribution < -0.4 is 0 Å². The molecule has 0 spiro atoms. The molecule has 0 N–H and O–H groups in total. The molecule has 0 aliphatic carbocycles. The molecular weight excluding hydrogens is 162 g/mol. The molecule has 0 fully saturated rings. The number of hydrogen-bond donors (Lipinski definition) is 0. The van der Waals surface area contributed by atoms with E-state index in [-0.39, 0.29) is 4.70 Å². The lowest BCUT2D eigenvalue weighted by Gasteiger charge is -1.70. The lowest BCUT2D eigenvalue weighted by Crippen LogP contribution is -1.65. The highest BCUT2D eigenvalue weighted by Gasteiger charge is 1.86. The Morgan fingerprint density at radius 2 is 1.27 bits per heavy atom. The lowest BCUT2D eigenvalue weighted by atomic mass is 10.5. The van der Waals surface area contributed by atoms with Gasteiger partial charge in [0.05, 0.1) is 0 Å². The Hall–Kier alpha value is -1.13. The topological polar surface area (TPSA) is 12.9 Å². The molecule has 0 atom stereocenters. The number of aromatic nitrogens is 1. The monoisotopic (exact) mass is 169 g/mol. The van der Waals surface area contributed by atoms with Gasteiger partial charge in [-0.15, -0.1) is 0 Å². The van der Waals surface area contributed by atoms with Crippen molar-refractivity contribution < 1.29 is 17.9 Å². The molecule has 5 heteroatoms. The van der Waals surface area contributed by atoms with Gasteiger partial charge >= 0.3 is 6.68 Å². The first-order chi connectivity index (χ1) is 4.73. The SMILES string of the molecule is F.FC(F)F.c1ccncc1. The van der Waals surface area contributed by atoms with Crippen LogP contribution in [0.25, 0.3) is 0 Å². The van der Waals surface area contributed by atoms with E-state index in [9.17, 15) is 13.2 Å². The Labute approximate surface area is 61.2 Å². The van der Waals surface area contributed by atoms with Gasteiger partial charge in [0.15, 0.2) is 0 Å². The van der Waals surface area contributed by atoms with Gasteiger partial charge in [-0.3, -0.25) is 9.69 Å². The molecular formula is C6H7F4N. The fraction of sp³-hybridized carbons (Fsp3) is 0.167. The van der Waals surface area contributed by atoms with Crippen LogP contribution in [0.15, 0.2) is 30.6 Å². The molecule has 0 aliphatic rings. The third-order valence-electron chi connectivity index (χ3n) is 0.566. The van der Waals surface area contributed by atoms with Crippen molar-refractivity contribution in [2.45, 2.75) is 6.68 Å². The predicted octanol–water partition coefficient (Wildman–Crippen LogP) is 2.41. The molecule has 1 heterocycles. The minimum Gasteiger partial charge on any atom is -0.269 e. The number of pyridine rings is 1. The standard InChI is InChI=1S/C5H5N.CHF3.FH/c1-2-4-6-5-3-1;2-1(3)4;/h1-5H;1H;1H. The molecule has 0 amide bonds. The van der Waals surface area contributed by atoms with Crippen molar-refractivity contribution >= 4 is 0 Å². The smallest absolute Gasteiger partial charge is 0.269 e. The second kappa shape index (κ2) is 8.87. The van der Waals surface area contributed by atoms with Gasteiger partial charge in [0, 0.05) is 12.4 Å². The minimum atomic E-state index is -3.67. The molecule has 0 saturated carbocycles. The zero-order valence-electron chi connectivity index (χ0n) is 5.45. The van der Waals surface area contributed by atoms with E-state index in [1.54, 1.807) is 12.4 Å². The average molecular weight is 169 g/mol. The zero-order valence-corrected chi connectivity index (χ0v) is 5.45. The van der Waals surface area contributed by atoms with Gasteiger partial charge in [-0.25, -0.2) is 0 Å². The van der Waals surface area contributed by atoms with Crippen LogP contribution in [-0.4, -0.2) is 11.7 Å². The summed E-state index contributed by atoms with van der Waals surface area (Å²) in [5.74, 6) is 0. The molecule has 64 valence electrons. The maximum atomic E-state index is 9.67. The van der Waals surface area contributed by atoms with Crippen LogP contribution in [0.5, 0.6) is 0 Å². The van der Waals surface area contributed by atoms with Gasteiger partial charge in [-0.2, -0.15) is 13.2 Å².